The Bertz CT molecular complexity index is 235. The molecule has 90 valence electrons. The summed E-state index contributed by atoms with van der Waals surface area (Å²) in [6.07, 6.45) is -4.98. The second-order valence-electron chi connectivity index (χ2n) is 3.36. The average Bonchev–Trinajstić information content (AvgIpc) is 2.01. The predicted molar refractivity (Wildman–Crippen MR) is 44.7 cm³/mol. The van der Waals surface area contributed by atoms with Gasteiger partial charge in [-0.1, -0.05) is 6.92 Å². The van der Waals surface area contributed by atoms with E-state index in [1.807, 2.05) is 0 Å². The monoisotopic (exact) mass is 272 g/mol. The molecule has 0 heterocycles. The summed E-state index contributed by atoms with van der Waals surface area (Å²) in [5, 5.41) is -3.29. The van der Waals surface area contributed by atoms with E-state index in [0.29, 0.717) is 6.92 Å². The van der Waals surface area contributed by atoms with Crippen molar-refractivity contribution in [2.75, 3.05) is 6.61 Å². The topological polar surface area (TPSA) is 26.3 Å². The number of carbonyl (C=O) groups excluding carboxylic acids is 1. The van der Waals surface area contributed by atoms with Gasteiger partial charge in [0.15, 0.2) is 0 Å². The van der Waals surface area contributed by atoms with Crippen molar-refractivity contribution in [3.8, 4) is 0 Å². The summed E-state index contributed by atoms with van der Waals surface area (Å²) in [6.45, 7) is -4.23. The third-order valence-electron chi connectivity index (χ3n) is 2.08. The predicted octanol–water partition coefficient (Wildman–Crippen LogP) is -0.184. The van der Waals surface area contributed by atoms with Gasteiger partial charge in [0.2, 0.25) is 6.43 Å². The smallest absolute Gasteiger partial charge is 0.466 e. The van der Waals surface area contributed by atoms with E-state index in [9.17, 15) is 26.5 Å². The van der Waals surface area contributed by atoms with Crippen LogP contribution in [0.4, 0.5) is 21.7 Å². The van der Waals surface area contributed by atoms with Crippen molar-refractivity contribution < 1.29 is 82.6 Å². The fourth-order valence-electron chi connectivity index (χ4n) is 0.859. The van der Waals surface area contributed by atoms with Crippen molar-refractivity contribution in [1.82, 2.24) is 0 Å². The van der Waals surface area contributed by atoms with Crippen LogP contribution in [0.25, 0.3) is 0 Å². The van der Waals surface area contributed by atoms with Crippen LogP contribution in [0, 0.1) is 0 Å². The molecule has 0 N–H and O–H groups in total. The van der Waals surface area contributed by atoms with Crippen LogP contribution in [0.5, 0.6) is 0 Å². The van der Waals surface area contributed by atoms with Crippen molar-refractivity contribution in [1.29, 1.82) is 0 Å². The van der Waals surface area contributed by atoms with Gasteiger partial charge in [0.1, 0.15) is 0 Å². The Morgan fingerprint density at radius 2 is 1.81 bits per heavy atom. The maximum atomic E-state index is 12.3. The Morgan fingerprint density at radius 3 is 2.06 bits per heavy atom. The number of halogens is 5. The van der Waals surface area contributed by atoms with Crippen LogP contribution in [0.1, 0.15) is 20.3 Å². The molecule has 1 unspecified atom stereocenters. The van der Waals surface area contributed by atoms with Gasteiger partial charge in [0.05, 0.1) is 6.61 Å². The Labute approximate surface area is 133 Å². The van der Waals surface area contributed by atoms with Gasteiger partial charge in [0.25, 0.3) is 0 Å². The molecule has 0 spiro atoms. The molecule has 0 radical (unpaired) electrons. The van der Waals surface area contributed by atoms with Crippen LogP contribution in [0.2, 0.25) is 5.31 Å². The summed E-state index contributed by atoms with van der Waals surface area (Å²) in [6, 6.07) is 0. The van der Waals surface area contributed by atoms with Gasteiger partial charge in [-0.15, -0.1) is 0 Å². The maximum Gasteiger partial charge on any atom is 1.00 e. The molecule has 0 fully saturated rings. The van der Waals surface area contributed by atoms with Gasteiger partial charge < -0.3 is 17.7 Å². The molecule has 0 rings (SSSR count). The van der Waals surface area contributed by atoms with Crippen molar-refractivity contribution in [2.45, 2.75) is 32.0 Å². The van der Waals surface area contributed by atoms with Crippen LogP contribution in [0.15, 0.2) is 0 Å². The van der Waals surface area contributed by atoms with Gasteiger partial charge in [-0.25, -0.2) is 8.78 Å². The zero-order valence-corrected chi connectivity index (χ0v) is 12.4. The minimum Gasteiger partial charge on any atom is -0.466 e. The normalized spacial score (nSPS) is 15.2. The SMILES string of the molecule is CCOC(=O)CC(C)(C(F)F)[B-](F)(F)F.[K+]. The van der Waals surface area contributed by atoms with Crippen molar-refractivity contribution in [2.24, 2.45) is 0 Å². The van der Waals surface area contributed by atoms with Crippen molar-refractivity contribution in [3.63, 3.8) is 0 Å². The van der Waals surface area contributed by atoms with E-state index < -0.39 is 31.1 Å². The summed E-state index contributed by atoms with van der Waals surface area (Å²) >= 11 is 0. The molecular weight excluding hydrogens is 261 g/mol. The summed E-state index contributed by atoms with van der Waals surface area (Å²) < 4.78 is 65.7. The van der Waals surface area contributed by atoms with Gasteiger partial charge in [-0.3, -0.25) is 4.79 Å². The molecule has 16 heavy (non-hydrogen) atoms. The summed E-state index contributed by atoms with van der Waals surface area (Å²) in [5.74, 6) is -1.26. The van der Waals surface area contributed by atoms with E-state index >= 15 is 0 Å². The van der Waals surface area contributed by atoms with Crippen LogP contribution < -0.4 is 51.4 Å². The number of alkyl halides is 2. The second kappa shape index (κ2) is 7.30. The Morgan fingerprint density at radius 1 is 1.38 bits per heavy atom. The molecule has 1 atom stereocenters. The Hall–Kier alpha value is 0.821. The Kier molecular flexibility index (Phi) is 8.74. The van der Waals surface area contributed by atoms with Crippen LogP contribution in [0.3, 0.4) is 0 Å². The van der Waals surface area contributed by atoms with Crippen LogP contribution in [-0.4, -0.2) is 26.0 Å². The maximum absolute atomic E-state index is 12.3. The number of ether oxygens (including phenoxy) is 1. The molecule has 0 aromatic carbocycles. The number of rotatable bonds is 5. The van der Waals surface area contributed by atoms with Crippen LogP contribution >= 0.6 is 0 Å². The first kappa shape index (κ1) is 19.2. The molecule has 2 nitrogen and oxygen atoms in total. The number of hydrogen-bond acceptors (Lipinski definition) is 2. The number of carbonyl (C=O) groups is 1. The molecule has 0 amide bonds. The van der Waals surface area contributed by atoms with E-state index in [-0.39, 0.29) is 58.0 Å². The zero-order chi connectivity index (χ0) is 12.3. The van der Waals surface area contributed by atoms with Crippen LogP contribution in [-0.2, 0) is 9.53 Å². The average molecular weight is 272 g/mol. The van der Waals surface area contributed by atoms with E-state index in [1.54, 1.807) is 0 Å². The molecule has 0 aromatic rings. The summed E-state index contributed by atoms with van der Waals surface area (Å²) in [7, 11) is 0. The first-order chi connectivity index (χ1) is 6.65. The molecule has 0 aliphatic rings. The minimum absolute atomic E-state index is 0. The third-order valence-corrected chi connectivity index (χ3v) is 2.08. The summed E-state index contributed by atoms with van der Waals surface area (Å²) in [5.41, 5.74) is 0. The fraction of sp³-hybridized carbons (Fsp3) is 0.857. The molecule has 0 aliphatic carbocycles. The fourth-order valence-corrected chi connectivity index (χ4v) is 0.859. The molecule has 9 heteroatoms. The largest absolute Gasteiger partial charge is 1.00 e. The zero-order valence-electron chi connectivity index (χ0n) is 9.28. The quantitative estimate of drug-likeness (QED) is 0.394. The van der Waals surface area contributed by atoms with E-state index in [0.717, 1.165) is 0 Å². The van der Waals surface area contributed by atoms with Gasteiger partial charge in [0, 0.05) is 11.7 Å². The third kappa shape index (κ3) is 4.99. The molecule has 0 bridgehead atoms. The second-order valence-corrected chi connectivity index (χ2v) is 3.36. The van der Waals surface area contributed by atoms with E-state index in [2.05, 4.69) is 4.74 Å². The van der Waals surface area contributed by atoms with E-state index in [4.69, 9.17) is 0 Å². The number of esters is 1. The van der Waals surface area contributed by atoms with Gasteiger partial charge in [-0.05, 0) is 6.92 Å². The molecule has 0 saturated carbocycles. The van der Waals surface area contributed by atoms with Crippen molar-refractivity contribution >= 4 is 12.9 Å². The molecule has 0 aromatic heterocycles. The first-order valence-electron chi connectivity index (χ1n) is 4.28. The first-order valence-corrected chi connectivity index (χ1v) is 4.28. The van der Waals surface area contributed by atoms with Crippen molar-refractivity contribution in [3.05, 3.63) is 0 Å². The number of hydrogen-bond donors (Lipinski definition) is 0. The standard InChI is InChI=1S/C7H11BF5O2.K/c1-3-15-5(14)4-7(2,6(9)10)8(11,12)13;/h6H,3-4H2,1-2H3;/q-1;+1. The molecular formula is C7H11BF5KO2. The molecule has 0 aliphatic heterocycles. The minimum atomic E-state index is -5.81. The van der Waals surface area contributed by atoms with Gasteiger partial charge >= 0.3 is 64.3 Å². The van der Waals surface area contributed by atoms with E-state index in [1.165, 1.54) is 6.92 Å². The molecule has 0 saturated heterocycles. The summed E-state index contributed by atoms with van der Waals surface area (Å²) in [4.78, 5) is 10.8. The Balaban J connectivity index is 0. The van der Waals surface area contributed by atoms with Gasteiger partial charge in [-0.2, -0.15) is 0 Å².